The van der Waals surface area contributed by atoms with Gasteiger partial charge in [-0.3, -0.25) is 4.79 Å². The maximum Gasteiger partial charge on any atom is 0.489 e. The number of aliphatic hydroxyl groups excluding tert-OH is 1. The number of nitrogens with two attached hydrogens (primary N) is 2. The lowest BCUT2D eigenvalue weighted by molar-refractivity contribution is 0.0223. The van der Waals surface area contributed by atoms with Crippen LogP contribution in [0.15, 0.2) is 210 Å². The number of amides is 2. The number of esters is 2. The number of ether oxygens (including phenoxy) is 4. The number of carbonyl (C=O) groups is 4. The van der Waals surface area contributed by atoms with Crippen molar-refractivity contribution in [1.29, 1.82) is 0 Å². The van der Waals surface area contributed by atoms with Gasteiger partial charge in [0.05, 0.1) is 78.7 Å². The second-order valence-corrected chi connectivity index (χ2v) is 34.2. The van der Waals surface area contributed by atoms with Crippen LogP contribution >= 0.6 is 156 Å². The molecule has 10 aromatic carbocycles. The molecule has 0 aliphatic carbocycles. The topological polar surface area (TPSA) is 337 Å². The van der Waals surface area contributed by atoms with Gasteiger partial charge in [-0.05, 0) is 148 Å². The number of aromatic nitrogens is 6. The summed E-state index contributed by atoms with van der Waals surface area (Å²) >= 11 is 70.8. The quantitative estimate of drug-likeness (QED) is 0.0244. The number of aliphatic hydroxyl groups is 1. The van der Waals surface area contributed by atoms with Crippen LogP contribution in [-0.2, 0) is 18.9 Å². The van der Waals surface area contributed by atoms with Crippen LogP contribution in [0.4, 0.5) is 26.8 Å². The maximum absolute atomic E-state index is 12.4. The number of benzene rings is 10. The molecule has 0 saturated carbocycles. The van der Waals surface area contributed by atoms with Crippen LogP contribution in [-0.4, -0.2) is 171 Å². The standard InChI is InChI=1S/C23H24Cl2N4O2.C14H7Cl3N2.C14H8Cl2N2O.C14H11Cl2NO2.C9H18N2O2.C8H7BrClNO2.C6H6BClO2.CH4O.ClH/c1-23(2,3)31-22(30)29-10-8-28(9-11-29)21-17-12-16(15-6-4-5-7-18(15)24)19(25)13-20(17)26-14-27-21;15-11-4-2-1-3-8(11)9-5-10-13(6-12(9)16)18-7-19-14(10)17;15-11-4-2-1-3-8(11)9-5-10-13(6-12(9)16)17-7-18-14(10)19;1-19-14(18)10-6-9(12(16)7-13(10)17)8-4-2-3-5-11(8)15;1-9(2,3)13-8(12)11-6-4-10-5-7-11;1-13-8(12)4-2-5(9)6(10)3-7(4)11;8-6-4-2-1-3-5(6)7(9)10;1-2;/h4-7,12-14H,8-11H2,1-3H3;1-7H;1-7H,(H,17,18,19);2-7H,17H2,1H3;10H,4-7H2,1-3H3;2-3H,11H2,1H3;1-4,9-10H;2H,1H3;1H. The Kier molecular flexibility index (Phi) is 40.9. The molecule has 38 heteroatoms. The molecule has 0 bridgehead atoms. The van der Waals surface area contributed by atoms with E-state index in [9.17, 15) is 24.0 Å². The van der Waals surface area contributed by atoms with Crippen molar-refractivity contribution in [3.05, 3.63) is 282 Å². The summed E-state index contributed by atoms with van der Waals surface area (Å²) in [5, 5.41) is 35.4. The van der Waals surface area contributed by atoms with Gasteiger partial charge in [0.15, 0.2) is 0 Å². The summed E-state index contributed by atoms with van der Waals surface area (Å²) in [5.74, 6) is -0.170. The van der Waals surface area contributed by atoms with E-state index in [1.165, 1.54) is 45.1 Å². The average molecular weight is 2030 g/mol. The lowest BCUT2D eigenvalue weighted by Crippen LogP contribution is -2.50. The minimum Gasteiger partial charge on any atom is -0.465 e. The third-order valence-electron chi connectivity index (χ3n) is 18.0. The molecule has 2 aliphatic heterocycles. The summed E-state index contributed by atoms with van der Waals surface area (Å²) in [6.45, 7) is 16.9. The SMILES string of the molecule is CC(C)(C)OC(=O)N1CCN(c2ncnc3cc(Cl)c(-c4ccccc4Cl)cc23)CC1.CC(C)(C)OC(=O)N1CCNCC1.CO.COC(=O)c1cc(-c2ccccc2Cl)c(Cl)cc1N.COC(=O)c1cc(Br)c(Cl)cc1N.Cl.Clc1ccccc1-c1cc2c(Cl)ncnc2cc1Cl.O=c1[nH]cnc2cc(Cl)c(-c3ccccc3Cl)cc12.OB(O)c1ccccc1Cl. The summed E-state index contributed by atoms with van der Waals surface area (Å²) in [4.78, 5) is 87.7. The first kappa shape index (κ1) is 105. The molecule has 0 radical (unpaired) electrons. The van der Waals surface area contributed by atoms with Gasteiger partial charge in [-0.1, -0.05) is 219 Å². The zero-order chi connectivity index (χ0) is 92.4. The molecule has 2 amide bonds. The third kappa shape index (κ3) is 29.6. The maximum atomic E-state index is 12.4. The van der Waals surface area contributed by atoms with E-state index in [0.29, 0.717) is 125 Å². The van der Waals surface area contributed by atoms with Crippen molar-refractivity contribution in [3.8, 4) is 44.5 Å². The van der Waals surface area contributed by atoms with Crippen molar-refractivity contribution in [1.82, 2.24) is 45.0 Å². The van der Waals surface area contributed by atoms with E-state index in [0.717, 1.165) is 94.3 Å². The van der Waals surface area contributed by atoms with Crippen molar-refractivity contribution in [2.75, 3.05) is 90.1 Å². The van der Waals surface area contributed by atoms with Crippen LogP contribution in [0.5, 0.6) is 0 Å². The second kappa shape index (κ2) is 49.5. The van der Waals surface area contributed by atoms with Crippen molar-refractivity contribution < 1.29 is 53.3 Å². The van der Waals surface area contributed by atoms with Crippen LogP contribution in [0.25, 0.3) is 77.2 Å². The number of rotatable bonds is 8. The first-order valence-corrected chi connectivity index (χ1v) is 43.0. The summed E-state index contributed by atoms with van der Waals surface area (Å²) in [7, 11) is 2.12. The highest BCUT2D eigenvalue weighted by atomic mass is 79.9. The number of methoxy groups -OCH3 is 2. The average Bonchev–Trinajstić information content (AvgIpc) is 0.775. The number of nitrogens with one attached hydrogen (secondary N) is 2. The molecule has 127 heavy (non-hydrogen) atoms. The van der Waals surface area contributed by atoms with Gasteiger partial charge in [0.2, 0.25) is 0 Å². The number of anilines is 3. The predicted octanol–water partition coefficient (Wildman–Crippen LogP) is 22.2. The van der Waals surface area contributed by atoms with Crippen molar-refractivity contribution in [2.45, 2.75) is 52.7 Å². The van der Waals surface area contributed by atoms with E-state index in [1.54, 1.807) is 76.8 Å². The molecule has 0 unspecified atom stereocenters. The van der Waals surface area contributed by atoms with E-state index < -0.39 is 24.7 Å². The highest BCUT2D eigenvalue weighted by Crippen LogP contribution is 2.42. The monoisotopic (exact) mass is 2020 g/mol. The number of aromatic amines is 1. The zero-order valence-electron chi connectivity index (χ0n) is 69.5. The number of nitrogens with zero attached hydrogens (tertiary/aromatic N) is 8. The summed E-state index contributed by atoms with van der Waals surface area (Å²) in [6, 6.07) is 53.3. The lowest BCUT2D eigenvalue weighted by atomic mass is 9.80. The first-order chi connectivity index (χ1) is 59.9. The number of hydrogen-bond acceptors (Lipinski definition) is 21. The normalized spacial score (nSPS) is 12.1. The number of nitrogen functional groups attached to an aromatic ring is 2. The summed E-state index contributed by atoms with van der Waals surface area (Å²) in [6.07, 6.45) is 3.83. The molecule has 2 saturated heterocycles. The Balaban J connectivity index is 0.000000208. The Morgan fingerprint density at radius 3 is 1.21 bits per heavy atom. The molecule has 9 N–H and O–H groups in total. The van der Waals surface area contributed by atoms with E-state index >= 15 is 0 Å². The number of H-pyrrole nitrogens is 1. The molecule has 5 heterocycles. The number of fused-ring (bicyclic) bond motifs is 3. The Labute approximate surface area is 803 Å². The molecule has 0 atom stereocenters. The predicted molar refractivity (Wildman–Crippen MR) is 523 cm³/mol. The molecule has 24 nitrogen and oxygen atoms in total. The van der Waals surface area contributed by atoms with Gasteiger partial charge in [0.25, 0.3) is 5.56 Å². The van der Waals surface area contributed by atoms with Gasteiger partial charge in [0.1, 0.15) is 34.8 Å². The van der Waals surface area contributed by atoms with Crippen LogP contribution in [0, 0.1) is 0 Å². The Bertz CT molecular complexity index is 6070. The Hall–Kier alpha value is -9.24. The fraction of sp³-hybridized carbons (Fsp3) is 0.213. The molecular weight excluding hydrogens is 1950 g/mol. The number of piperazine rings is 2. The number of halogens is 13. The van der Waals surface area contributed by atoms with Gasteiger partial charge in [-0.15, -0.1) is 12.4 Å². The highest BCUT2D eigenvalue weighted by molar-refractivity contribution is 9.10. The van der Waals surface area contributed by atoms with Gasteiger partial charge >= 0.3 is 31.2 Å². The van der Waals surface area contributed by atoms with Crippen molar-refractivity contribution in [3.63, 3.8) is 0 Å². The molecule has 13 aromatic rings. The summed E-state index contributed by atoms with van der Waals surface area (Å²) in [5.41, 5.74) is 20.0. The lowest BCUT2D eigenvalue weighted by Gasteiger charge is -2.36. The van der Waals surface area contributed by atoms with Crippen LogP contribution < -0.4 is 32.7 Å². The van der Waals surface area contributed by atoms with E-state index in [2.05, 4.69) is 65.5 Å². The van der Waals surface area contributed by atoms with Gasteiger partial charge in [0, 0.05) is 161 Å². The van der Waals surface area contributed by atoms with Crippen LogP contribution in [0.3, 0.4) is 0 Å². The van der Waals surface area contributed by atoms with E-state index in [4.69, 9.17) is 164 Å². The van der Waals surface area contributed by atoms with Crippen LogP contribution in [0.1, 0.15) is 62.3 Å². The molecule has 15 rings (SSSR count). The molecule has 3 aromatic heterocycles. The van der Waals surface area contributed by atoms with E-state index in [1.807, 2.05) is 145 Å². The molecule has 2 aliphatic rings. The van der Waals surface area contributed by atoms with Crippen molar-refractivity contribution >= 4 is 243 Å². The fourth-order valence-corrected chi connectivity index (χ4v) is 15.0. The first-order valence-electron chi connectivity index (χ1n) is 38.0. The minimum atomic E-state index is -1.48. The minimum absolute atomic E-state index is 0. The molecule has 0 spiro atoms. The van der Waals surface area contributed by atoms with Gasteiger partial charge < -0.3 is 70.6 Å². The van der Waals surface area contributed by atoms with Crippen molar-refractivity contribution in [2.24, 2.45) is 0 Å². The highest BCUT2D eigenvalue weighted by Gasteiger charge is 2.29. The second-order valence-electron chi connectivity index (χ2n) is 28.9. The number of carbonyl (C=O) groups excluding carboxylic acids is 4. The fourth-order valence-electron chi connectivity index (χ4n) is 12.0. The molecule has 2 fully saturated rings. The van der Waals surface area contributed by atoms with E-state index in [-0.39, 0.29) is 47.0 Å². The molecular formula is C89H86BBrCl12N12O12. The van der Waals surface area contributed by atoms with Gasteiger partial charge in [-0.2, -0.15) is 0 Å². The Morgan fingerprint density at radius 2 is 0.795 bits per heavy atom. The smallest absolute Gasteiger partial charge is 0.465 e. The zero-order valence-corrected chi connectivity index (χ0v) is 80.2. The van der Waals surface area contributed by atoms with Gasteiger partial charge in [-0.25, -0.2) is 44.1 Å². The molecule has 668 valence electrons. The Morgan fingerprint density at radius 1 is 0.433 bits per heavy atom. The largest absolute Gasteiger partial charge is 0.489 e. The third-order valence-corrected chi connectivity index (χ3v) is 22.4. The number of hydrogen-bond donors (Lipinski definition) is 7. The summed E-state index contributed by atoms with van der Waals surface area (Å²) < 4.78 is 20.6. The van der Waals surface area contributed by atoms with Crippen LogP contribution in [0.2, 0.25) is 55.4 Å².